The smallest absolute Gasteiger partial charge is 0.272 e. The van der Waals surface area contributed by atoms with Crippen LogP contribution in [-0.2, 0) is 4.79 Å². The van der Waals surface area contributed by atoms with Crippen LogP contribution in [0.4, 0.5) is 0 Å². The van der Waals surface area contributed by atoms with Crippen LogP contribution in [0.5, 0.6) is 0 Å². The summed E-state index contributed by atoms with van der Waals surface area (Å²) in [7, 11) is 0. The second-order valence-electron chi connectivity index (χ2n) is 7.01. The molecule has 0 radical (unpaired) electrons. The molecular formula is C19H23N5O2. The van der Waals surface area contributed by atoms with Crippen molar-refractivity contribution in [2.45, 2.75) is 25.7 Å². The number of carbonyl (C=O) groups excluding carboxylic acids is 2. The zero-order valence-electron chi connectivity index (χ0n) is 14.7. The van der Waals surface area contributed by atoms with Gasteiger partial charge in [0.05, 0.1) is 5.69 Å². The Morgan fingerprint density at radius 1 is 1.08 bits per heavy atom. The first kappa shape index (κ1) is 16.8. The maximum Gasteiger partial charge on any atom is 0.272 e. The van der Waals surface area contributed by atoms with Crippen molar-refractivity contribution >= 4 is 11.8 Å². The molecule has 7 nitrogen and oxygen atoms in total. The summed E-state index contributed by atoms with van der Waals surface area (Å²) in [4.78, 5) is 33.0. The van der Waals surface area contributed by atoms with Crippen LogP contribution in [0.15, 0.2) is 30.6 Å². The van der Waals surface area contributed by atoms with E-state index in [1.165, 1.54) is 0 Å². The Morgan fingerprint density at radius 3 is 2.50 bits per heavy atom. The van der Waals surface area contributed by atoms with E-state index in [0.29, 0.717) is 37.6 Å². The number of hydrogen-bond acceptors (Lipinski definition) is 4. The van der Waals surface area contributed by atoms with E-state index in [9.17, 15) is 9.59 Å². The van der Waals surface area contributed by atoms with E-state index in [-0.39, 0.29) is 17.7 Å². The fourth-order valence-corrected chi connectivity index (χ4v) is 3.82. The first-order valence-corrected chi connectivity index (χ1v) is 9.26. The Kier molecular flexibility index (Phi) is 4.69. The van der Waals surface area contributed by atoms with Gasteiger partial charge < -0.3 is 9.80 Å². The van der Waals surface area contributed by atoms with Crippen LogP contribution in [-0.4, -0.2) is 63.0 Å². The molecule has 3 heterocycles. The van der Waals surface area contributed by atoms with Crippen LogP contribution >= 0.6 is 0 Å². The molecule has 7 heteroatoms. The maximum absolute atomic E-state index is 12.7. The number of hydrogen-bond donors (Lipinski definition) is 1. The lowest BCUT2D eigenvalue weighted by atomic mass is 10.1. The molecular weight excluding hydrogens is 330 g/mol. The van der Waals surface area contributed by atoms with Crippen LogP contribution in [0.25, 0.3) is 11.3 Å². The summed E-state index contributed by atoms with van der Waals surface area (Å²) in [6.45, 7) is 2.37. The van der Waals surface area contributed by atoms with Gasteiger partial charge in [-0.05, 0) is 31.0 Å². The number of H-pyrrole nitrogens is 1. The number of piperazine rings is 1. The Morgan fingerprint density at radius 2 is 1.81 bits per heavy atom. The van der Waals surface area contributed by atoms with Crippen molar-refractivity contribution in [2.24, 2.45) is 5.92 Å². The molecule has 0 unspecified atom stereocenters. The molecule has 2 aromatic rings. The SMILES string of the molecule is O=C(c1cc(-c2cccnc2)n[nH]1)N1CCN(C(=O)C2CCCC2)CC1. The predicted octanol–water partition coefficient (Wildman–Crippen LogP) is 1.95. The van der Waals surface area contributed by atoms with E-state index in [1.54, 1.807) is 23.4 Å². The largest absolute Gasteiger partial charge is 0.339 e. The minimum Gasteiger partial charge on any atom is -0.339 e. The highest BCUT2D eigenvalue weighted by Gasteiger charge is 2.31. The highest BCUT2D eigenvalue weighted by atomic mass is 16.2. The molecule has 0 atom stereocenters. The van der Waals surface area contributed by atoms with Crippen molar-refractivity contribution in [3.05, 3.63) is 36.3 Å². The number of rotatable bonds is 3. The van der Waals surface area contributed by atoms with Crippen LogP contribution in [0, 0.1) is 5.92 Å². The monoisotopic (exact) mass is 353 g/mol. The normalized spacial score (nSPS) is 18.3. The third-order valence-electron chi connectivity index (χ3n) is 5.35. The summed E-state index contributed by atoms with van der Waals surface area (Å²) in [6.07, 6.45) is 7.78. The average Bonchev–Trinajstić information content (AvgIpc) is 3.40. The molecule has 26 heavy (non-hydrogen) atoms. The van der Waals surface area contributed by atoms with Gasteiger partial charge in [-0.15, -0.1) is 0 Å². The fourth-order valence-electron chi connectivity index (χ4n) is 3.82. The second kappa shape index (κ2) is 7.27. The highest BCUT2D eigenvalue weighted by Crippen LogP contribution is 2.27. The first-order valence-electron chi connectivity index (χ1n) is 9.26. The molecule has 4 rings (SSSR count). The number of nitrogens with zero attached hydrogens (tertiary/aromatic N) is 4. The van der Waals surface area contributed by atoms with Gasteiger partial charge in [0.2, 0.25) is 5.91 Å². The molecule has 1 aliphatic carbocycles. The predicted molar refractivity (Wildman–Crippen MR) is 96.3 cm³/mol. The minimum absolute atomic E-state index is 0.0689. The zero-order valence-corrected chi connectivity index (χ0v) is 14.7. The second-order valence-corrected chi connectivity index (χ2v) is 7.01. The van der Waals surface area contributed by atoms with E-state index in [0.717, 1.165) is 31.2 Å². The van der Waals surface area contributed by atoms with Crippen LogP contribution in [0.2, 0.25) is 0 Å². The quantitative estimate of drug-likeness (QED) is 0.914. The van der Waals surface area contributed by atoms with Gasteiger partial charge in [0.25, 0.3) is 5.91 Å². The Hall–Kier alpha value is -2.70. The van der Waals surface area contributed by atoms with Gasteiger partial charge in [-0.25, -0.2) is 0 Å². The topological polar surface area (TPSA) is 82.2 Å². The van der Waals surface area contributed by atoms with Crippen LogP contribution in [0.1, 0.15) is 36.2 Å². The van der Waals surface area contributed by atoms with Crippen molar-refractivity contribution in [2.75, 3.05) is 26.2 Å². The summed E-state index contributed by atoms with van der Waals surface area (Å²) in [5, 5.41) is 7.05. The Labute approximate surface area is 152 Å². The average molecular weight is 353 g/mol. The Bertz CT molecular complexity index is 774. The zero-order chi connectivity index (χ0) is 17.9. The molecule has 1 saturated carbocycles. The molecule has 1 aliphatic heterocycles. The molecule has 0 spiro atoms. The molecule has 1 saturated heterocycles. The number of aromatic nitrogens is 3. The lowest BCUT2D eigenvalue weighted by Crippen LogP contribution is -2.51. The molecule has 0 aromatic carbocycles. The Balaban J connectivity index is 1.36. The summed E-state index contributed by atoms with van der Waals surface area (Å²) in [5.74, 6) is 0.405. The van der Waals surface area contributed by atoms with Gasteiger partial charge >= 0.3 is 0 Å². The van der Waals surface area contributed by atoms with E-state index >= 15 is 0 Å². The number of amides is 2. The van der Waals surface area contributed by atoms with Gasteiger partial charge in [0.1, 0.15) is 5.69 Å². The van der Waals surface area contributed by atoms with Gasteiger partial charge in [-0.3, -0.25) is 19.7 Å². The third kappa shape index (κ3) is 3.34. The summed E-state index contributed by atoms with van der Waals surface area (Å²) in [5.41, 5.74) is 2.05. The highest BCUT2D eigenvalue weighted by molar-refractivity contribution is 5.93. The molecule has 0 bridgehead atoms. The molecule has 2 aliphatic rings. The summed E-state index contributed by atoms with van der Waals surface area (Å²) in [6, 6.07) is 5.51. The first-order chi connectivity index (χ1) is 12.7. The maximum atomic E-state index is 12.7. The van der Waals surface area contributed by atoms with Crippen LogP contribution in [0.3, 0.4) is 0 Å². The van der Waals surface area contributed by atoms with E-state index in [4.69, 9.17) is 0 Å². The summed E-state index contributed by atoms with van der Waals surface area (Å²) < 4.78 is 0. The van der Waals surface area contributed by atoms with Crippen molar-refractivity contribution < 1.29 is 9.59 Å². The van der Waals surface area contributed by atoms with Gasteiger partial charge in [0, 0.05) is 50.1 Å². The van der Waals surface area contributed by atoms with Crippen molar-refractivity contribution in [3.8, 4) is 11.3 Å². The van der Waals surface area contributed by atoms with Crippen molar-refractivity contribution in [3.63, 3.8) is 0 Å². The van der Waals surface area contributed by atoms with Crippen molar-refractivity contribution in [1.82, 2.24) is 25.0 Å². The fraction of sp³-hybridized carbons (Fsp3) is 0.474. The van der Waals surface area contributed by atoms with E-state index in [2.05, 4.69) is 15.2 Å². The molecule has 2 aromatic heterocycles. The van der Waals surface area contributed by atoms with Crippen LogP contribution < -0.4 is 0 Å². The van der Waals surface area contributed by atoms with E-state index in [1.807, 2.05) is 17.0 Å². The van der Waals surface area contributed by atoms with Crippen molar-refractivity contribution in [1.29, 1.82) is 0 Å². The molecule has 2 fully saturated rings. The lowest BCUT2D eigenvalue weighted by molar-refractivity contribution is -0.136. The van der Waals surface area contributed by atoms with E-state index < -0.39 is 0 Å². The minimum atomic E-state index is -0.0689. The number of aromatic amines is 1. The molecule has 136 valence electrons. The molecule has 1 N–H and O–H groups in total. The molecule has 2 amide bonds. The standard InChI is InChI=1S/C19H23N5O2/c25-18(14-4-1-2-5-14)23-8-10-24(11-9-23)19(26)17-12-16(21-22-17)15-6-3-7-20-13-15/h3,6-7,12-14H,1-2,4-5,8-11H2,(H,21,22). The van der Waals surface area contributed by atoms with Gasteiger partial charge in [0.15, 0.2) is 0 Å². The summed E-state index contributed by atoms with van der Waals surface area (Å²) >= 11 is 0. The number of carbonyl (C=O) groups is 2. The third-order valence-corrected chi connectivity index (χ3v) is 5.35. The lowest BCUT2D eigenvalue weighted by Gasteiger charge is -2.35. The van der Waals surface area contributed by atoms with Gasteiger partial charge in [-0.2, -0.15) is 5.10 Å². The van der Waals surface area contributed by atoms with Gasteiger partial charge in [-0.1, -0.05) is 12.8 Å². The number of pyridine rings is 1. The number of nitrogens with one attached hydrogen (secondary N) is 1.